The molecule has 8 aromatic heterocycles. The van der Waals surface area contributed by atoms with Crippen molar-refractivity contribution in [3.05, 3.63) is 117 Å². The summed E-state index contributed by atoms with van der Waals surface area (Å²) in [7, 11) is 0. The molecule has 4 N–H and O–H groups in total. The molecule has 40 heavy (non-hydrogen) atoms. The molecule has 0 aliphatic carbocycles. The molecule has 0 saturated heterocycles. The summed E-state index contributed by atoms with van der Waals surface area (Å²) in [6.45, 7) is 0. The van der Waals surface area contributed by atoms with Crippen LogP contribution in [0.25, 0.3) is 67.9 Å². The highest BCUT2D eigenvalue weighted by Gasteiger charge is 2.13. The van der Waals surface area contributed by atoms with Gasteiger partial charge in [0.2, 0.25) is 0 Å². The van der Waals surface area contributed by atoms with Gasteiger partial charge in [-0.25, -0.2) is 0 Å². The minimum atomic E-state index is 0.897. The Hall–Kier alpha value is -5.76. The molecule has 8 aromatic rings. The van der Waals surface area contributed by atoms with Gasteiger partial charge in [-0.15, -0.1) is 0 Å². The molecule has 0 radical (unpaired) electrons. The second-order valence-corrected chi connectivity index (χ2v) is 9.99. The number of nitrogens with one attached hydrogen (secondary N) is 4. The number of aromatic nitrogens is 8. The Balaban J connectivity index is 1.51. The zero-order valence-corrected chi connectivity index (χ0v) is 21.0. The number of rotatable bonds is 0. The van der Waals surface area contributed by atoms with Crippen molar-refractivity contribution in [3.8, 4) is 0 Å². The zero-order chi connectivity index (χ0) is 26.2. The Morgan fingerprint density at radius 3 is 1.18 bits per heavy atom. The van der Waals surface area contributed by atoms with Gasteiger partial charge >= 0.3 is 0 Å². The first kappa shape index (κ1) is 21.2. The predicted molar refractivity (Wildman–Crippen MR) is 157 cm³/mol. The number of nitrogens with zero attached hydrogens (tertiary/aromatic N) is 4. The molecule has 1 aliphatic rings. The van der Waals surface area contributed by atoms with E-state index in [1.807, 2.05) is 49.1 Å². The van der Waals surface area contributed by atoms with E-state index in [2.05, 4.69) is 68.5 Å². The fraction of sp³-hybridized carbons (Fsp3) is 0. The Labute approximate surface area is 225 Å². The average Bonchev–Trinajstić information content (AvgIpc) is 3.73. The molecule has 0 aromatic carbocycles. The normalized spacial score (nSPS) is 12.8. The summed E-state index contributed by atoms with van der Waals surface area (Å²) in [6.07, 6.45) is 15.8. The molecule has 0 saturated carbocycles. The van der Waals surface area contributed by atoms with Gasteiger partial charge in [0.15, 0.2) is 0 Å². The van der Waals surface area contributed by atoms with E-state index in [-0.39, 0.29) is 0 Å². The number of hydrogen-bond donors (Lipinski definition) is 4. The lowest BCUT2D eigenvalue weighted by atomic mass is 10.2. The highest BCUT2D eigenvalue weighted by molar-refractivity contribution is 5.97. The molecule has 0 atom stereocenters. The minimum absolute atomic E-state index is 0.897. The molecule has 1 aliphatic heterocycles. The maximum absolute atomic E-state index is 4.73. The first-order valence-corrected chi connectivity index (χ1v) is 13.1. The van der Waals surface area contributed by atoms with Crippen molar-refractivity contribution in [2.75, 3.05) is 0 Å². The van der Waals surface area contributed by atoms with Crippen molar-refractivity contribution in [1.29, 1.82) is 0 Å². The lowest BCUT2D eigenvalue weighted by Crippen LogP contribution is -2.11. The molecule has 0 fully saturated rings. The summed E-state index contributed by atoms with van der Waals surface area (Å²) in [5.41, 5.74) is 7.33. The molecular weight excluding hydrogens is 496 g/mol. The fourth-order valence-electron chi connectivity index (χ4n) is 5.89. The van der Waals surface area contributed by atoms with Crippen LogP contribution in [0.3, 0.4) is 0 Å². The van der Waals surface area contributed by atoms with Crippen LogP contribution in [0.1, 0.15) is 22.8 Å². The van der Waals surface area contributed by atoms with Gasteiger partial charge < -0.3 is 19.9 Å². The van der Waals surface area contributed by atoms with E-state index in [0.29, 0.717) is 0 Å². The highest BCUT2D eigenvalue weighted by atomic mass is 14.8. The number of aromatic amines is 4. The molecule has 8 nitrogen and oxygen atoms in total. The summed E-state index contributed by atoms with van der Waals surface area (Å²) in [5.74, 6) is 0. The lowest BCUT2D eigenvalue weighted by Gasteiger charge is -1.91. The van der Waals surface area contributed by atoms with E-state index < -0.39 is 0 Å². The van der Waals surface area contributed by atoms with Crippen molar-refractivity contribution in [3.63, 3.8) is 0 Å². The fourth-order valence-corrected chi connectivity index (χ4v) is 5.89. The largest absolute Gasteiger partial charge is 0.353 e. The highest BCUT2D eigenvalue weighted by Crippen LogP contribution is 2.24. The molecular formula is C32H20N8. The quantitative estimate of drug-likeness (QED) is 0.248. The Morgan fingerprint density at radius 2 is 0.725 bits per heavy atom. The summed E-state index contributed by atoms with van der Waals surface area (Å²) in [5, 5.41) is 7.89. The van der Waals surface area contributed by atoms with Gasteiger partial charge in [-0.05, 0) is 72.8 Å². The van der Waals surface area contributed by atoms with E-state index in [1.165, 1.54) is 0 Å². The molecule has 9 heterocycles. The van der Waals surface area contributed by atoms with Crippen LogP contribution < -0.4 is 21.4 Å². The van der Waals surface area contributed by atoms with E-state index in [9.17, 15) is 0 Å². The molecule has 8 heteroatoms. The minimum Gasteiger partial charge on any atom is -0.353 e. The van der Waals surface area contributed by atoms with Gasteiger partial charge in [0.1, 0.15) is 0 Å². The molecule has 0 spiro atoms. The third-order valence-corrected chi connectivity index (χ3v) is 7.64. The number of pyridine rings is 4. The second kappa shape index (κ2) is 7.87. The van der Waals surface area contributed by atoms with E-state index >= 15 is 0 Å². The third-order valence-electron chi connectivity index (χ3n) is 7.64. The number of hydrogen-bond acceptors (Lipinski definition) is 4. The first-order chi connectivity index (χ1) is 19.8. The maximum atomic E-state index is 4.73. The average molecular weight is 517 g/mol. The van der Waals surface area contributed by atoms with Crippen LogP contribution in [0, 0.1) is 0 Å². The zero-order valence-electron chi connectivity index (χ0n) is 21.0. The van der Waals surface area contributed by atoms with Crippen LogP contribution in [0.5, 0.6) is 0 Å². The standard InChI is InChI=1S/C32H20N8/c1-5-17-21-13-22-18-6-2-10-34-30(18)27(38-22)16-28-32-20(8-4-12-36-32)24(40-28)14-23-19-7-3-11-35-31(19)26(39-23)15-25(37-21)29(17)33-9-1/h1-16,37-40H. The Bertz CT molecular complexity index is 2210. The smallest absolute Gasteiger partial charge is 0.0958 e. The monoisotopic (exact) mass is 516 g/mol. The van der Waals surface area contributed by atoms with Crippen molar-refractivity contribution >= 4 is 67.9 Å². The summed E-state index contributed by atoms with van der Waals surface area (Å²) in [6, 6.07) is 16.2. The maximum Gasteiger partial charge on any atom is 0.0958 e. The predicted octanol–water partition coefficient (Wildman–Crippen LogP) is 2.82. The van der Waals surface area contributed by atoms with Crippen LogP contribution in [0.15, 0.2) is 73.3 Å². The molecule has 0 amide bonds. The van der Waals surface area contributed by atoms with Crippen molar-refractivity contribution in [1.82, 2.24) is 39.9 Å². The summed E-state index contributed by atoms with van der Waals surface area (Å²) >= 11 is 0. The lowest BCUT2D eigenvalue weighted by molar-refractivity contribution is 1.23. The molecule has 9 rings (SSSR count). The second-order valence-electron chi connectivity index (χ2n) is 9.99. The van der Waals surface area contributed by atoms with E-state index in [4.69, 9.17) is 19.9 Å². The van der Waals surface area contributed by atoms with Gasteiger partial charge in [0.25, 0.3) is 0 Å². The van der Waals surface area contributed by atoms with Crippen molar-refractivity contribution in [2.24, 2.45) is 0 Å². The van der Waals surface area contributed by atoms with Crippen LogP contribution >= 0.6 is 0 Å². The molecule has 188 valence electrons. The van der Waals surface area contributed by atoms with Crippen LogP contribution in [0.4, 0.5) is 0 Å². The van der Waals surface area contributed by atoms with Crippen molar-refractivity contribution < 1.29 is 0 Å². The summed E-state index contributed by atoms with van der Waals surface area (Å²) < 4.78 is 0. The topological polar surface area (TPSA) is 115 Å². The van der Waals surface area contributed by atoms with Gasteiger partial charge in [-0.1, -0.05) is 0 Å². The number of fused-ring (bicyclic) bond motifs is 20. The van der Waals surface area contributed by atoms with Gasteiger partial charge in [-0.2, -0.15) is 0 Å². The van der Waals surface area contributed by atoms with Gasteiger partial charge in [0, 0.05) is 46.3 Å². The molecule has 0 unspecified atom stereocenters. The van der Waals surface area contributed by atoms with Gasteiger partial charge in [0.05, 0.1) is 66.2 Å². The van der Waals surface area contributed by atoms with Gasteiger partial charge in [-0.3, -0.25) is 19.9 Å². The third kappa shape index (κ3) is 3.01. The van der Waals surface area contributed by atoms with E-state index in [1.54, 1.807) is 0 Å². The molecule has 8 bridgehead atoms. The Morgan fingerprint density at radius 1 is 0.350 bits per heavy atom. The first-order valence-electron chi connectivity index (χ1n) is 13.1. The van der Waals surface area contributed by atoms with Crippen molar-refractivity contribution in [2.45, 2.75) is 0 Å². The van der Waals surface area contributed by atoms with Crippen LogP contribution in [-0.4, -0.2) is 39.9 Å². The Kier molecular flexibility index (Phi) is 4.17. The van der Waals surface area contributed by atoms with Crippen LogP contribution in [0.2, 0.25) is 0 Å². The number of H-pyrrole nitrogens is 4. The van der Waals surface area contributed by atoms with E-state index in [0.717, 1.165) is 87.8 Å². The summed E-state index contributed by atoms with van der Waals surface area (Å²) in [4.78, 5) is 33.5. The van der Waals surface area contributed by atoms with Crippen LogP contribution in [-0.2, 0) is 0 Å². The SMILES string of the molecule is C1=c2[nH]c(c3ncccc23)=Cc2[nH]c(c3cccnc23)C=c2[nH]c(c3ncccc23)=Cc2[nH]c1c1cccnc21.